The van der Waals surface area contributed by atoms with Crippen LogP contribution in [0.1, 0.15) is 51.2 Å². The summed E-state index contributed by atoms with van der Waals surface area (Å²) in [6.45, 7) is 6.91. The largest absolute Gasteiger partial charge is 0.448 e. The van der Waals surface area contributed by atoms with Crippen LogP contribution in [0.5, 0.6) is 0 Å². The van der Waals surface area contributed by atoms with Crippen LogP contribution < -0.4 is 5.32 Å². The number of hydrogen-bond donors (Lipinski definition) is 1. The zero-order valence-electron chi connectivity index (χ0n) is 14.7. The van der Waals surface area contributed by atoms with Crippen molar-refractivity contribution in [1.29, 1.82) is 0 Å². The number of rotatable bonds is 6. The Labute approximate surface area is 151 Å². The Balaban J connectivity index is 2.05. The predicted molar refractivity (Wildman–Crippen MR) is 98.4 cm³/mol. The van der Waals surface area contributed by atoms with Crippen molar-refractivity contribution in [3.05, 3.63) is 51.2 Å². The summed E-state index contributed by atoms with van der Waals surface area (Å²) in [5.41, 5.74) is 1.92. The SMILES string of the molecule is CCc1cc(C(=O)O[C@@H](C)C(=O)Nc2ccccc2C(C)=O)sc1C. The summed E-state index contributed by atoms with van der Waals surface area (Å²) in [6.07, 6.45) is -0.131. The molecule has 2 rings (SSSR count). The molecule has 0 aliphatic heterocycles. The Bertz CT molecular complexity index is 810. The van der Waals surface area contributed by atoms with E-state index in [-0.39, 0.29) is 5.78 Å². The highest BCUT2D eigenvalue weighted by Gasteiger charge is 2.22. The van der Waals surface area contributed by atoms with Crippen LogP contribution in [-0.4, -0.2) is 23.8 Å². The quantitative estimate of drug-likeness (QED) is 0.625. The molecule has 0 bridgehead atoms. The molecule has 0 fully saturated rings. The number of aryl methyl sites for hydroxylation is 2. The van der Waals surface area contributed by atoms with Crippen LogP contribution in [0.4, 0.5) is 5.69 Å². The number of amides is 1. The number of carbonyl (C=O) groups is 3. The number of esters is 1. The second kappa shape index (κ2) is 8.07. The molecule has 1 aromatic heterocycles. The van der Waals surface area contributed by atoms with Gasteiger partial charge in [-0.2, -0.15) is 0 Å². The molecule has 0 saturated carbocycles. The summed E-state index contributed by atoms with van der Waals surface area (Å²) >= 11 is 1.36. The van der Waals surface area contributed by atoms with E-state index in [1.54, 1.807) is 30.3 Å². The van der Waals surface area contributed by atoms with Gasteiger partial charge in [-0.1, -0.05) is 19.1 Å². The molecule has 25 heavy (non-hydrogen) atoms. The van der Waals surface area contributed by atoms with E-state index in [1.165, 1.54) is 25.2 Å². The second-order valence-corrected chi connectivity index (χ2v) is 6.94. The van der Waals surface area contributed by atoms with E-state index in [0.29, 0.717) is 16.1 Å². The van der Waals surface area contributed by atoms with Crippen molar-refractivity contribution in [2.45, 2.75) is 40.2 Å². The zero-order chi connectivity index (χ0) is 18.6. The fraction of sp³-hybridized carbons (Fsp3) is 0.316. The molecule has 1 atom stereocenters. The first-order valence-corrected chi connectivity index (χ1v) is 8.86. The third kappa shape index (κ3) is 4.54. The highest BCUT2D eigenvalue weighted by Crippen LogP contribution is 2.23. The van der Waals surface area contributed by atoms with Gasteiger partial charge in [-0.15, -0.1) is 11.3 Å². The molecule has 1 heterocycles. The number of para-hydroxylation sites is 1. The van der Waals surface area contributed by atoms with E-state index < -0.39 is 18.0 Å². The Morgan fingerprint density at radius 3 is 2.52 bits per heavy atom. The minimum Gasteiger partial charge on any atom is -0.448 e. The minimum atomic E-state index is -0.972. The lowest BCUT2D eigenvalue weighted by molar-refractivity contribution is -0.123. The minimum absolute atomic E-state index is 0.151. The van der Waals surface area contributed by atoms with E-state index in [9.17, 15) is 14.4 Å². The monoisotopic (exact) mass is 359 g/mol. The summed E-state index contributed by atoms with van der Waals surface area (Å²) in [4.78, 5) is 37.7. The molecular formula is C19H21NO4S. The smallest absolute Gasteiger partial charge is 0.349 e. The van der Waals surface area contributed by atoms with Crippen LogP contribution >= 0.6 is 11.3 Å². The van der Waals surface area contributed by atoms with Crippen molar-refractivity contribution >= 4 is 34.7 Å². The van der Waals surface area contributed by atoms with E-state index in [4.69, 9.17) is 4.74 Å². The molecule has 0 unspecified atom stereocenters. The number of Topliss-reactive ketones (excluding diaryl/α,β-unsaturated/α-hetero) is 1. The average Bonchev–Trinajstić information content (AvgIpc) is 2.96. The third-order valence-corrected chi connectivity index (χ3v) is 4.89. The van der Waals surface area contributed by atoms with Gasteiger partial charge in [0.15, 0.2) is 11.9 Å². The molecule has 0 saturated heterocycles. The number of nitrogens with one attached hydrogen (secondary N) is 1. The second-order valence-electron chi connectivity index (χ2n) is 5.68. The van der Waals surface area contributed by atoms with E-state index >= 15 is 0 Å². The summed E-state index contributed by atoms with van der Waals surface area (Å²) in [5, 5.41) is 2.64. The number of anilines is 1. The highest BCUT2D eigenvalue weighted by molar-refractivity contribution is 7.14. The number of ketones is 1. The van der Waals surface area contributed by atoms with Crippen LogP contribution in [0.2, 0.25) is 0 Å². The molecular weight excluding hydrogens is 338 g/mol. The van der Waals surface area contributed by atoms with Crippen molar-refractivity contribution in [2.24, 2.45) is 0 Å². The first-order valence-electron chi connectivity index (χ1n) is 8.04. The van der Waals surface area contributed by atoms with Crippen LogP contribution in [0, 0.1) is 6.92 Å². The average molecular weight is 359 g/mol. The number of ether oxygens (including phenoxy) is 1. The van der Waals surface area contributed by atoms with Gasteiger partial charge in [-0.25, -0.2) is 4.79 Å². The molecule has 132 valence electrons. The fourth-order valence-corrected chi connectivity index (χ4v) is 3.37. The maximum Gasteiger partial charge on any atom is 0.349 e. The molecule has 1 N–H and O–H groups in total. The van der Waals surface area contributed by atoms with Crippen LogP contribution in [-0.2, 0) is 16.0 Å². The van der Waals surface area contributed by atoms with Gasteiger partial charge < -0.3 is 10.1 Å². The van der Waals surface area contributed by atoms with Gasteiger partial charge >= 0.3 is 5.97 Å². The molecule has 0 aliphatic carbocycles. The maximum atomic E-state index is 12.3. The molecule has 1 amide bonds. The predicted octanol–water partition coefficient (Wildman–Crippen LogP) is 4.01. The zero-order valence-corrected chi connectivity index (χ0v) is 15.5. The summed E-state index contributed by atoms with van der Waals surface area (Å²) in [7, 11) is 0. The van der Waals surface area contributed by atoms with E-state index in [2.05, 4.69) is 5.32 Å². The Morgan fingerprint density at radius 1 is 1.24 bits per heavy atom. The fourth-order valence-electron chi connectivity index (χ4n) is 2.38. The van der Waals surface area contributed by atoms with Gasteiger partial charge in [0, 0.05) is 10.4 Å². The number of hydrogen-bond acceptors (Lipinski definition) is 5. The maximum absolute atomic E-state index is 12.3. The number of benzene rings is 1. The molecule has 6 heteroatoms. The van der Waals surface area contributed by atoms with Gasteiger partial charge in [-0.3, -0.25) is 9.59 Å². The van der Waals surface area contributed by atoms with Crippen molar-refractivity contribution in [1.82, 2.24) is 0 Å². The molecule has 5 nitrogen and oxygen atoms in total. The Morgan fingerprint density at radius 2 is 1.92 bits per heavy atom. The first kappa shape index (κ1) is 18.9. The summed E-state index contributed by atoms with van der Waals surface area (Å²) < 4.78 is 5.26. The van der Waals surface area contributed by atoms with Gasteiger partial charge in [0.2, 0.25) is 0 Å². The van der Waals surface area contributed by atoms with E-state index in [1.807, 2.05) is 13.8 Å². The number of carbonyl (C=O) groups excluding carboxylic acids is 3. The lowest BCUT2D eigenvalue weighted by atomic mass is 10.1. The van der Waals surface area contributed by atoms with Crippen LogP contribution in [0.25, 0.3) is 0 Å². The van der Waals surface area contributed by atoms with Gasteiger partial charge in [-0.05, 0) is 51.0 Å². The lowest BCUT2D eigenvalue weighted by Crippen LogP contribution is -2.30. The van der Waals surface area contributed by atoms with Crippen molar-refractivity contribution in [3.8, 4) is 0 Å². The lowest BCUT2D eigenvalue weighted by Gasteiger charge is -2.14. The normalized spacial score (nSPS) is 11.7. The van der Waals surface area contributed by atoms with Crippen molar-refractivity contribution < 1.29 is 19.1 Å². The highest BCUT2D eigenvalue weighted by atomic mass is 32.1. The van der Waals surface area contributed by atoms with Gasteiger partial charge in [0.25, 0.3) is 5.91 Å². The van der Waals surface area contributed by atoms with Crippen molar-refractivity contribution in [2.75, 3.05) is 5.32 Å². The molecule has 2 aromatic rings. The van der Waals surface area contributed by atoms with Gasteiger partial charge in [0.05, 0.1) is 5.69 Å². The van der Waals surface area contributed by atoms with Crippen LogP contribution in [0.15, 0.2) is 30.3 Å². The topological polar surface area (TPSA) is 72.5 Å². The summed E-state index contributed by atoms with van der Waals surface area (Å²) in [6, 6.07) is 8.52. The van der Waals surface area contributed by atoms with Crippen molar-refractivity contribution in [3.63, 3.8) is 0 Å². The molecule has 0 radical (unpaired) electrons. The standard InChI is InChI=1S/C19H21NO4S/c1-5-14-10-17(25-13(14)4)19(23)24-12(3)18(22)20-16-9-7-6-8-15(16)11(2)21/h6-10,12H,5H2,1-4H3,(H,20,22)/t12-/m0/s1. The van der Waals surface area contributed by atoms with Crippen LogP contribution in [0.3, 0.4) is 0 Å². The summed E-state index contributed by atoms with van der Waals surface area (Å²) in [5.74, 6) is -1.15. The van der Waals surface area contributed by atoms with E-state index in [0.717, 1.165) is 16.9 Å². The number of thiophene rings is 1. The molecule has 0 spiro atoms. The Hall–Kier alpha value is -2.47. The van der Waals surface area contributed by atoms with Gasteiger partial charge in [0.1, 0.15) is 4.88 Å². The molecule has 0 aliphatic rings. The first-order chi connectivity index (χ1) is 11.8. The Kier molecular flexibility index (Phi) is 6.09. The molecule has 1 aromatic carbocycles. The third-order valence-electron chi connectivity index (χ3n) is 3.82.